The van der Waals surface area contributed by atoms with E-state index in [0.29, 0.717) is 22.2 Å². The van der Waals surface area contributed by atoms with Crippen molar-refractivity contribution in [3.05, 3.63) is 41.8 Å². The summed E-state index contributed by atoms with van der Waals surface area (Å²) in [6.45, 7) is -1.20. The maximum atomic E-state index is 13.4. The Labute approximate surface area is 143 Å². The van der Waals surface area contributed by atoms with Gasteiger partial charge < -0.3 is 5.32 Å². The molecule has 4 nitrogen and oxygen atoms in total. The van der Waals surface area contributed by atoms with Crippen LogP contribution in [0.15, 0.2) is 36.7 Å². The summed E-state index contributed by atoms with van der Waals surface area (Å²) in [4.78, 5) is 7.77. The summed E-state index contributed by atoms with van der Waals surface area (Å²) in [5, 5.41) is 3.06. The lowest BCUT2D eigenvalue weighted by molar-refractivity contribution is -0.115. The van der Waals surface area contributed by atoms with E-state index in [9.17, 15) is 17.1 Å². The SMILES string of the molecule is FSn1c(-c2ccnc(NCC(F)(F)F)c2)cc2cnc(Cl)cc21. The number of rotatable bonds is 4. The maximum Gasteiger partial charge on any atom is 0.405 e. The van der Waals surface area contributed by atoms with Crippen LogP contribution in [0.25, 0.3) is 22.2 Å². The molecule has 3 rings (SSSR count). The van der Waals surface area contributed by atoms with E-state index in [2.05, 4.69) is 15.3 Å². The summed E-state index contributed by atoms with van der Waals surface area (Å²) in [6.07, 6.45) is -1.51. The zero-order valence-corrected chi connectivity index (χ0v) is 13.4. The average molecular weight is 377 g/mol. The number of fused-ring (bicyclic) bond motifs is 1. The van der Waals surface area contributed by atoms with Crippen LogP contribution in [0.5, 0.6) is 0 Å². The van der Waals surface area contributed by atoms with Gasteiger partial charge in [0, 0.05) is 29.4 Å². The van der Waals surface area contributed by atoms with Crippen molar-refractivity contribution in [3.63, 3.8) is 0 Å². The molecule has 0 bridgehead atoms. The van der Waals surface area contributed by atoms with Crippen molar-refractivity contribution in [2.75, 3.05) is 11.9 Å². The minimum atomic E-state index is -4.36. The highest BCUT2D eigenvalue weighted by molar-refractivity contribution is 7.93. The normalized spacial score (nSPS) is 11.9. The molecule has 0 radical (unpaired) electrons. The van der Waals surface area contributed by atoms with Gasteiger partial charge >= 0.3 is 6.18 Å². The number of nitrogens with one attached hydrogen (secondary N) is 1. The molecule has 0 aliphatic carbocycles. The zero-order valence-electron chi connectivity index (χ0n) is 11.8. The molecule has 0 unspecified atom stereocenters. The topological polar surface area (TPSA) is 42.7 Å². The summed E-state index contributed by atoms with van der Waals surface area (Å²) in [5.41, 5.74) is 1.48. The average Bonchev–Trinajstić information content (AvgIpc) is 2.90. The fraction of sp³-hybridized carbons (Fsp3) is 0.143. The van der Waals surface area contributed by atoms with Crippen molar-refractivity contribution in [3.8, 4) is 11.3 Å². The summed E-state index contributed by atoms with van der Waals surface area (Å²) in [5.74, 6) is 0.0432. The van der Waals surface area contributed by atoms with Crippen LogP contribution in [-0.2, 0) is 0 Å². The number of aromatic nitrogens is 3. The van der Waals surface area contributed by atoms with Gasteiger partial charge in [-0.25, -0.2) is 9.97 Å². The van der Waals surface area contributed by atoms with Crippen LogP contribution < -0.4 is 5.32 Å². The zero-order chi connectivity index (χ0) is 17.3. The first-order chi connectivity index (χ1) is 11.4. The van der Waals surface area contributed by atoms with Crippen molar-refractivity contribution < 1.29 is 17.1 Å². The number of alkyl halides is 3. The van der Waals surface area contributed by atoms with E-state index in [1.54, 1.807) is 12.1 Å². The van der Waals surface area contributed by atoms with Crippen LogP contribution in [-0.4, -0.2) is 26.7 Å². The molecule has 0 aliphatic rings. The molecule has 0 aromatic carbocycles. The Morgan fingerprint density at radius 2 is 2.00 bits per heavy atom. The van der Waals surface area contributed by atoms with E-state index in [-0.39, 0.29) is 23.3 Å². The van der Waals surface area contributed by atoms with Crippen LogP contribution in [0.3, 0.4) is 0 Å². The van der Waals surface area contributed by atoms with Gasteiger partial charge in [0.15, 0.2) is 12.3 Å². The van der Waals surface area contributed by atoms with Gasteiger partial charge in [-0.15, -0.1) is 3.89 Å². The van der Waals surface area contributed by atoms with Gasteiger partial charge in [0.1, 0.15) is 17.5 Å². The second kappa shape index (κ2) is 6.48. The molecule has 3 heterocycles. The van der Waals surface area contributed by atoms with Gasteiger partial charge in [0.2, 0.25) is 0 Å². The lowest BCUT2D eigenvalue weighted by Gasteiger charge is -2.10. The third-order valence-corrected chi connectivity index (χ3v) is 3.94. The Balaban J connectivity index is 2.01. The molecule has 126 valence electrons. The van der Waals surface area contributed by atoms with E-state index in [1.165, 1.54) is 28.5 Å². The maximum absolute atomic E-state index is 13.4. The number of anilines is 1. The largest absolute Gasteiger partial charge is 0.405 e. The molecular formula is C14H9ClF4N4S. The summed E-state index contributed by atoms with van der Waals surface area (Å²) in [6, 6.07) is 6.18. The third-order valence-electron chi connectivity index (χ3n) is 3.20. The number of hydrogen-bond acceptors (Lipinski definition) is 4. The first-order valence-electron chi connectivity index (χ1n) is 6.60. The molecule has 0 saturated heterocycles. The fourth-order valence-electron chi connectivity index (χ4n) is 2.21. The number of pyridine rings is 2. The third kappa shape index (κ3) is 3.57. The Hall–Kier alpha value is -2.00. The lowest BCUT2D eigenvalue weighted by atomic mass is 10.2. The second-order valence-electron chi connectivity index (χ2n) is 4.86. The molecule has 0 fully saturated rings. The molecule has 1 N–H and O–H groups in total. The molecule has 24 heavy (non-hydrogen) atoms. The van der Waals surface area contributed by atoms with Crippen molar-refractivity contribution in [1.29, 1.82) is 0 Å². The molecule has 10 heteroatoms. The molecule has 0 saturated carbocycles. The van der Waals surface area contributed by atoms with Crippen LogP contribution >= 0.6 is 23.9 Å². The molecule has 3 aromatic heterocycles. The summed E-state index contributed by atoms with van der Waals surface area (Å²) >= 11 is 5.80. The summed E-state index contributed by atoms with van der Waals surface area (Å²) in [7, 11) is 0. The highest BCUT2D eigenvalue weighted by Crippen LogP contribution is 2.33. The lowest BCUT2D eigenvalue weighted by Crippen LogP contribution is -2.21. The standard InChI is InChI=1S/C14H9ClF4N4S/c15-12-5-11-9(6-21-12)3-10(23(11)24-19)8-1-2-20-13(4-8)22-7-14(16,17)18/h1-6H,7H2,(H,20,22). The first kappa shape index (κ1) is 16.8. The predicted molar refractivity (Wildman–Crippen MR) is 86.6 cm³/mol. The van der Waals surface area contributed by atoms with Crippen LogP contribution in [0, 0.1) is 0 Å². The Morgan fingerprint density at radius 3 is 2.71 bits per heavy atom. The molecule has 0 spiro atoms. The van der Waals surface area contributed by atoms with Crippen LogP contribution in [0.4, 0.5) is 22.9 Å². The molecule has 0 amide bonds. The van der Waals surface area contributed by atoms with Crippen molar-refractivity contribution in [2.45, 2.75) is 6.18 Å². The minimum absolute atomic E-state index is 0.0320. The fourth-order valence-corrected chi connectivity index (χ4v) is 2.82. The van der Waals surface area contributed by atoms with Gasteiger partial charge in [-0.3, -0.25) is 3.97 Å². The van der Waals surface area contributed by atoms with Crippen molar-refractivity contribution in [2.24, 2.45) is 0 Å². The van der Waals surface area contributed by atoms with Crippen LogP contribution in [0.2, 0.25) is 5.15 Å². The number of nitrogens with zero attached hydrogens (tertiary/aromatic N) is 3. The Morgan fingerprint density at radius 1 is 1.21 bits per heavy atom. The molecular weight excluding hydrogens is 368 g/mol. The van der Waals surface area contributed by atoms with Gasteiger partial charge in [0.05, 0.1) is 11.2 Å². The Kier molecular flexibility index (Phi) is 4.55. The predicted octanol–water partition coefficient (Wildman–Crippen LogP) is 5.11. The quantitative estimate of drug-likeness (QED) is 0.507. The number of halogens is 5. The van der Waals surface area contributed by atoms with Gasteiger partial charge in [-0.2, -0.15) is 13.2 Å². The van der Waals surface area contributed by atoms with Crippen LogP contribution in [0.1, 0.15) is 0 Å². The second-order valence-corrected chi connectivity index (χ2v) is 5.75. The van der Waals surface area contributed by atoms with Crippen molar-refractivity contribution >= 4 is 40.7 Å². The highest BCUT2D eigenvalue weighted by Gasteiger charge is 2.26. The molecule has 0 atom stereocenters. The minimum Gasteiger partial charge on any atom is -0.361 e. The summed E-state index contributed by atoms with van der Waals surface area (Å²) < 4.78 is 51.6. The van der Waals surface area contributed by atoms with Crippen molar-refractivity contribution in [1.82, 2.24) is 13.9 Å². The smallest absolute Gasteiger partial charge is 0.361 e. The van der Waals surface area contributed by atoms with Gasteiger partial charge in [0.25, 0.3) is 0 Å². The van der Waals surface area contributed by atoms with E-state index in [1.807, 2.05) is 0 Å². The van der Waals surface area contributed by atoms with E-state index >= 15 is 0 Å². The Bertz CT molecular complexity index is 881. The molecule has 3 aromatic rings. The van der Waals surface area contributed by atoms with Gasteiger partial charge in [-0.05, 0) is 18.2 Å². The monoisotopic (exact) mass is 376 g/mol. The van der Waals surface area contributed by atoms with E-state index in [0.717, 1.165) is 0 Å². The van der Waals surface area contributed by atoms with E-state index in [4.69, 9.17) is 11.6 Å². The van der Waals surface area contributed by atoms with Gasteiger partial charge in [-0.1, -0.05) is 11.6 Å². The number of hydrogen-bond donors (Lipinski definition) is 1. The van der Waals surface area contributed by atoms with E-state index < -0.39 is 12.7 Å². The first-order valence-corrected chi connectivity index (χ1v) is 7.66. The highest BCUT2D eigenvalue weighted by atomic mass is 35.5. The molecule has 0 aliphatic heterocycles.